The molecule has 2 rings (SSSR count). The first-order chi connectivity index (χ1) is 9.45. The predicted octanol–water partition coefficient (Wildman–Crippen LogP) is 3.27. The maximum atomic E-state index is 12.6. The SMILES string of the molecule is CC1CCN(C(C)C(=O)c2ccc(Cl)cc2Cl)C1CO. The Morgan fingerprint density at radius 3 is 2.80 bits per heavy atom. The number of likely N-dealkylation sites (tertiary alicyclic amines) is 1. The maximum Gasteiger partial charge on any atom is 0.181 e. The van der Waals surface area contributed by atoms with Crippen molar-refractivity contribution in [2.75, 3.05) is 13.2 Å². The van der Waals surface area contributed by atoms with Gasteiger partial charge in [-0.25, -0.2) is 0 Å². The van der Waals surface area contributed by atoms with Crippen molar-refractivity contribution in [2.45, 2.75) is 32.4 Å². The normalized spacial score (nSPS) is 24.9. The largest absolute Gasteiger partial charge is 0.395 e. The third kappa shape index (κ3) is 3.01. The Kier molecular flexibility index (Phi) is 5.08. The van der Waals surface area contributed by atoms with Gasteiger partial charge in [-0.1, -0.05) is 30.1 Å². The zero-order chi connectivity index (χ0) is 14.9. The van der Waals surface area contributed by atoms with Crippen molar-refractivity contribution in [2.24, 2.45) is 5.92 Å². The molecule has 1 N–H and O–H groups in total. The van der Waals surface area contributed by atoms with E-state index < -0.39 is 0 Å². The summed E-state index contributed by atoms with van der Waals surface area (Å²) in [5.41, 5.74) is 0.486. The minimum Gasteiger partial charge on any atom is -0.395 e. The van der Waals surface area contributed by atoms with E-state index in [9.17, 15) is 9.90 Å². The molecule has 1 fully saturated rings. The van der Waals surface area contributed by atoms with Gasteiger partial charge >= 0.3 is 0 Å². The van der Waals surface area contributed by atoms with Gasteiger partial charge in [0.15, 0.2) is 5.78 Å². The van der Waals surface area contributed by atoms with Crippen molar-refractivity contribution in [1.82, 2.24) is 4.90 Å². The summed E-state index contributed by atoms with van der Waals surface area (Å²) in [6.45, 7) is 4.87. The van der Waals surface area contributed by atoms with Crippen LogP contribution in [-0.4, -0.2) is 41.0 Å². The molecule has 0 saturated carbocycles. The number of Topliss-reactive ketones (excluding diaryl/α,β-unsaturated/α-hetero) is 1. The van der Waals surface area contributed by atoms with Crippen LogP contribution < -0.4 is 0 Å². The molecule has 1 aromatic rings. The Morgan fingerprint density at radius 1 is 1.50 bits per heavy atom. The summed E-state index contributed by atoms with van der Waals surface area (Å²) in [6, 6.07) is 4.66. The number of hydrogen-bond donors (Lipinski definition) is 1. The Bertz CT molecular complexity index is 507. The topological polar surface area (TPSA) is 40.5 Å². The van der Waals surface area contributed by atoms with Crippen LogP contribution >= 0.6 is 23.2 Å². The number of carbonyl (C=O) groups excluding carboxylic acids is 1. The number of hydrogen-bond acceptors (Lipinski definition) is 3. The van der Waals surface area contributed by atoms with E-state index in [0.29, 0.717) is 21.5 Å². The molecule has 3 unspecified atom stereocenters. The van der Waals surface area contributed by atoms with Crippen LogP contribution in [-0.2, 0) is 0 Å². The van der Waals surface area contributed by atoms with Gasteiger partial charge in [-0.3, -0.25) is 9.69 Å². The highest BCUT2D eigenvalue weighted by molar-refractivity contribution is 6.37. The minimum absolute atomic E-state index is 0.0285. The molecular weight excluding hydrogens is 297 g/mol. The summed E-state index contributed by atoms with van der Waals surface area (Å²) >= 11 is 12.0. The van der Waals surface area contributed by atoms with Crippen LogP contribution in [0, 0.1) is 5.92 Å². The summed E-state index contributed by atoms with van der Waals surface area (Å²) < 4.78 is 0. The number of halogens is 2. The van der Waals surface area contributed by atoms with Crippen LogP contribution in [0.3, 0.4) is 0 Å². The van der Waals surface area contributed by atoms with Crippen LogP contribution in [0.2, 0.25) is 10.0 Å². The number of aliphatic hydroxyl groups excluding tert-OH is 1. The highest BCUT2D eigenvalue weighted by Gasteiger charge is 2.36. The molecule has 1 aromatic carbocycles. The Morgan fingerprint density at radius 2 is 2.20 bits per heavy atom. The minimum atomic E-state index is -0.296. The fraction of sp³-hybridized carbons (Fsp3) is 0.533. The molecule has 0 amide bonds. The van der Waals surface area contributed by atoms with Crippen molar-refractivity contribution >= 4 is 29.0 Å². The first-order valence-electron chi connectivity index (χ1n) is 6.81. The average molecular weight is 316 g/mol. The summed E-state index contributed by atoms with van der Waals surface area (Å²) in [5.74, 6) is 0.371. The van der Waals surface area contributed by atoms with Gasteiger partial charge in [0.05, 0.1) is 17.7 Å². The van der Waals surface area contributed by atoms with Crippen LogP contribution in [0.25, 0.3) is 0 Å². The summed E-state index contributed by atoms with van der Waals surface area (Å²) in [4.78, 5) is 14.6. The Hall–Kier alpha value is -0.610. The lowest BCUT2D eigenvalue weighted by atomic mass is 10.0. The first-order valence-corrected chi connectivity index (χ1v) is 7.57. The monoisotopic (exact) mass is 315 g/mol. The summed E-state index contributed by atoms with van der Waals surface area (Å²) in [5, 5.41) is 10.4. The van der Waals surface area contributed by atoms with E-state index in [1.807, 2.05) is 6.92 Å². The lowest BCUT2D eigenvalue weighted by Gasteiger charge is -2.30. The van der Waals surface area contributed by atoms with Crippen LogP contribution in [0.1, 0.15) is 30.6 Å². The molecule has 1 saturated heterocycles. The molecule has 0 radical (unpaired) electrons. The van der Waals surface area contributed by atoms with Crippen molar-refractivity contribution in [1.29, 1.82) is 0 Å². The van der Waals surface area contributed by atoms with Gasteiger partial charge in [0.1, 0.15) is 0 Å². The number of rotatable bonds is 4. The Balaban J connectivity index is 2.20. The number of benzene rings is 1. The van der Waals surface area contributed by atoms with Crippen molar-refractivity contribution in [3.63, 3.8) is 0 Å². The van der Waals surface area contributed by atoms with Crippen LogP contribution in [0.4, 0.5) is 0 Å². The third-order valence-corrected chi connectivity index (χ3v) is 4.73. The lowest BCUT2D eigenvalue weighted by Crippen LogP contribution is -2.45. The molecule has 0 bridgehead atoms. The fourth-order valence-electron chi connectivity index (χ4n) is 2.87. The molecule has 3 nitrogen and oxygen atoms in total. The van der Waals surface area contributed by atoms with E-state index in [0.717, 1.165) is 13.0 Å². The molecule has 1 aliphatic rings. The van der Waals surface area contributed by atoms with Gasteiger partial charge in [-0.15, -0.1) is 0 Å². The highest BCUT2D eigenvalue weighted by atomic mass is 35.5. The fourth-order valence-corrected chi connectivity index (χ4v) is 3.37. The van der Waals surface area contributed by atoms with Crippen LogP contribution in [0.15, 0.2) is 18.2 Å². The van der Waals surface area contributed by atoms with Gasteiger partial charge in [0, 0.05) is 16.6 Å². The molecule has 0 aromatic heterocycles. The molecule has 1 aliphatic heterocycles. The van der Waals surface area contributed by atoms with Crippen molar-refractivity contribution in [3.05, 3.63) is 33.8 Å². The standard InChI is InChI=1S/C15H19Cl2NO2/c1-9-5-6-18(14(9)8-19)10(2)15(20)12-4-3-11(16)7-13(12)17/h3-4,7,9-10,14,19H,5-6,8H2,1-2H3. The first kappa shape index (κ1) is 15.8. The predicted molar refractivity (Wildman–Crippen MR) is 81.6 cm³/mol. The van der Waals surface area contributed by atoms with E-state index in [2.05, 4.69) is 11.8 Å². The van der Waals surface area contributed by atoms with Gasteiger partial charge < -0.3 is 5.11 Å². The summed E-state index contributed by atoms with van der Waals surface area (Å²) in [7, 11) is 0. The second kappa shape index (κ2) is 6.44. The number of nitrogens with zero attached hydrogens (tertiary/aromatic N) is 1. The van der Waals surface area contributed by atoms with Gasteiger partial charge in [0.25, 0.3) is 0 Å². The van der Waals surface area contributed by atoms with E-state index in [1.165, 1.54) is 0 Å². The highest BCUT2D eigenvalue weighted by Crippen LogP contribution is 2.29. The second-order valence-electron chi connectivity index (χ2n) is 5.42. The van der Waals surface area contributed by atoms with Crippen molar-refractivity contribution < 1.29 is 9.90 Å². The number of aliphatic hydroxyl groups is 1. The zero-order valence-corrected chi connectivity index (χ0v) is 13.2. The van der Waals surface area contributed by atoms with Gasteiger partial charge in [-0.05, 0) is 44.0 Å². The number of carbonyl (C=O) groups is 1. The van der Waals surface area contributed by atoms with E-state index >= 15 is 0 Å². The molecule has 3 atom stereocenters. The van der Waals surface area contributed by atoms with E-state index in [-0.39, 0.29) is 24.5 Å². The van der Waals surface area contributed by atoms with E-state index in [1.54, 1.807) is 18.2 Å². The van der Waals surface area contributed by atoms with E-state index in [4.69, 9.17) is 23.2 Å². The molecule has 5 heteroatoms. The lowest BCUT2D eigenvalue weighted by molar-refractivity contribution is 0.0720. The Labute approximate surface area is 129 Å². The van der Waals surface area contributed by atoms with Crippen LogP contribution in [0.5, 0.6) is 0 Å². The smallest absolute Gasteiger partial charge is 0.181 e. The molecular formula is C15H19Cl2NO2. The van der Waals surface area contributed by atoms with Crippen molar-refractivity contribution in [3.8, 4) is 0 Å². The molecule has 1 heterocycles. The molecule has 0 aliphatic carbocycles. The number of ketones is 1. The van der Waals surface area contributed by atoms with Gasteiger partial charge in [-0.2, -0.15) is 0 Å². The maximum absolute atomic E-state index is 12.6. The molecule has 0 spiro atoms. The average Bonchev–Trinajstić information content (AvgIpc) is 2.78. The molecule has 20 heavy (non-hydrogen) atoms. The quantitative estimate of drug-likeness (QED) is 0.867. The zero-order valence-electron chi connectivity index (χ0n) is 11.6. The van der Waals surface area contributed by atoms with Gasteiger partial charge in [0.2, 0.25) is 0 Å². The third-order valence-electron chi connectivity index (χ3n) is 4.19. The summed E-state index contributed by atoms with van der Waals surface area (Å²) in [6.07, 6.45) is 0.997. The molecule has 110 valence electrons. The second-order valence-corrected chi connectivity index (χ2v) is 6.26.